The quantitative estimate of drug-likeness (QED) is 0.297. The molecule has 0 spiro atoms. The van der Waals surface area contributed by atoms with Crippen molar-refractivity contribution in [1.29, 1.82) is 0 Å². The Labute approximate surface area is 201 Å². The molecule has 170 valence electrons. The van der Waals surface area contributed by atoms with Crippen molar-refractivity contribution < 1.29 is 12.8 Å². The third kappa shape index (κ3) is 4.27. The molecule has 1 saturated heterocycles. The second-order valence-electron chi connectivity index (χ2n) is 8.01. The predicted molar refractivity (Wildman–Crippen MR) is 130 cm³/mol. The molecule has 0 unspecified atom stereocenters. The SMILES string of the molecule is O=c1cc(CN2CCN(S(=O)(=O)c3cc(Cl)ccc3Cl)CC2)c2c(ccc3ccccc32)o1. The van der Waals surface area contributed by atoms with Gasteiger partial charge in [-0.1, -0.05) is 53.5 Å². The Morgan fingerprint density at radius 1 is 0.909 bits per heavy atom. The van der Waals surface area contributed by atoms with Crippen LogP contribution in [0.4, 0.5) is 0 Å². The molecule has 0 atom stereocenters. The molecule has 9 heteroatoms. The molecule has 1 fully saturated rings. The van der Waals surface area contributed by atoms with Crippen molar-refractivity contribution in [2.24, 2.45) is 0 Å². The molecular formula is C24H20Cl2N2O4S. The standard InChI is InChI=1S/C24H20Cl2N2O4S/c25-18-6-7-20(26)22(14-18)33(30,31)28-11-9-27(10-12-28)15-17-13-23(29)32-21-8-5-16-3-1-2-4-19(16)24(17)21/h1-8,13-14H,9-12,15H2. The van der Waals surface area contributed by atoms with Crippen molar-refractivity contribution in [2.45, 2.75) is 11.4 Å². The zero-order valence-electron chi connectivity index (χ0n) is 17.5. The lowest BCUT2D eigenvalue weighted by Crippen LogP contribution is -2.48. The summed E-state index contributed by atoms with van der Waals surface area (Å²) in [4.78, 5) is 14.3. The summed E-state index contributed by atoms with van der Waals surface area (Å²) in [5.74, 6) is 0. The Hall–Kier alpha value is -2.42. The Morgan fingerprint density at radius 3 is 2.45 bits per heavy atom. The Bertz CT molecular complexity index is 1530. The van der Waals surface area contributed by atoms with Gasteiger partial charge in [-0.05, 0) is 40.6 Å². The van der Waals surface area contributed by atoms with E-state index < -0.39 is 15.6 Å². The van der Waals surface area contributed by atoms with Gasteiger partial charge in [0.15, 0.2) is 0 Å². The van der Waals surface area contributed by atoms with Crippen LogP contribution in [0, 0.1) is 0 Å². The average Bonchev–Trinajstić information content (AvgIpc) is 2.80. The Morgan fingerprint density at radius 2 is 1.67 bits per heavy atom. The van der Waals surface area contributed by atoms with Gasteiger partial charge in [-0.15, -0.1) is 0 Å². The zero-order valence-corrected chi connectivity index (χ0v) is 19.8. The average molecular weight is 503 g/mol. The number of hydrogen-bond donors (Lipinski definition) is 0. The first-order chi connectivity index (χ1) is 15.8. The van der Waals surface area contributed by atoms with Gasteiger partial charge in [0.2, 0.25) is 10.0 Å². The third-order valence-electron chi connectivity index (χ3n) is 5.95. The molecule has 2 heterocycles. The van der Waals surface area contributed by atoms with Crippen LogP contribution in [-0.2, 0) is 16.6 Å². The minimum atomic E-state index is -3.76. The summed E-state index contributed by atoms with van der Waals surface area (Å²) in [6.45, 7) is 2.17. The largest absolute Gasteiger partial charge is 0.423 e. The molecule has 6 nitrogen and oxygen atoms in total. The highest BCUT2D eigenvalue weighted by atomic mass is 35.5. The summed E-state index contributed by atoms with van der Waals surface area (Å²) in [5.41, 5.74) is 1.02. The van der Waals surface area contributed by atoms with Crippen LogP contribution >= 0.6 is 23.2 Å². The zero-order chi connectivity index (χ0) is 23.2. The van der Waals surface area contributed by atoms with Gasteiger partial charge >= 0.3 is 5.63 Å². The number of benzene rings is 3. The van der Waals surface area contributed by atoms with Crippen LogP contribution in [0.2, 0.25) is 10.0 Å². The smallest absolute Gasteiger partial charge is 0.336 e. The van der Waals surface area contributed by atoms with E-state index in [-0.39, 0.29) is 9.92 Å². The lowest BCUT2D eigenvalue weighted by atomic mass is 10.0. The number of rotatable bonds is 4. The van der Waals surface area contributed by atoms with E-state index in [2.05, 4.69) is 4.90 Å². The van der Waals surface area contributed by atoms with E-state index in [1.165, 1.54) is 22.5 Å². The number of fused-ring (bicyclic) bond motifs is 3. The maximum atomic E-state index is 13.1. The van der Waals surface area contributed by atoms with Gasteiger partial charge in [0, 0.05) is 49.2 Å². The van der Waals surface area contributed by atoms with Gasteiger partial charge in [0.05, 0.1) is 5.02 Å². The first-order valence-electron chi connectivity index (χ1n) is 10.4. The first kappa shape index (κ1) is 22.4. The minimum Gasteiger partial charge on any atom is -0.423 e. The highest BCUT2D eigenvalue weighted by Crippen LogP contribution is 2.30. The predicted octanol–water partition coefficient (Wildman–Crippen LogP) is 4.76. The summed E-state index contributed by atoms with van der Waals surface area (Å²) in [6, 6.07) is 17.7. The van der Waals surface area contributed by atoms with E-state index in [0.717, 1.165) is 21.7 Å². The summed E-state index contributed by atoms with van der Waals surface area (Å²) in [6.07, 6.45) is 0. The molecule has 0 saturated carbocycles. The van der Waals surface area contributed by atoms with Crippen LogP contribution in [0.15, 0.2) is 74.8 Å². The van der Waals surface area contributed by atoms with Crippen LogP contribution in [0.1, 0.15) is 5.56 Å². The molecule has 1 aliphatic heterocycles. The highest BCUT2D eigenvalue weighted by Gasteiger charge is 2.30. The summed E-state index contributed by atoms with van der Waals surface area (Å²) in [5, 5.41) is 3.46. The van der Waals surface area contributed by atoms with E-state index in [1.54, 1.807) is 6.07 Å². The number of nitrogens with zero attached hydrogens (tertiary/aromatic N) is 2. The molecule has 0 bridgehead atoms. The van der Waals surface area contributed by atoms with E-state index in [0.29, 0.717) is 43.3 Å². The molecule has 3 aromatic carbocycles. The van der Waals surface area contributed by atoms with Gasteiger partial charge in [-0.3, -0.25) is 4.90 Å². The molecule has 0 radical (unpaired) electrons. The van der Waals surface area contributed by atoms with Crippen molar-refractivity contribution in [3.05, 3.63) is 86.7 Å². The van der Waals surface area contributed by atoms with Crippen LogP contribution in [-0.4, -0.2) is 43.8 Å². The summed E-state index contributed by atoms with van der Waals surface area (Å²) < 4.78 is 33.1. The first-order valence-corrected chi connectivity index (χ1v) is 12.6. The monoisotopic (exact) mass is 502 g/mol. The molecule has 4 aromatic rings. The molecular weight excluding hydrogens is 483 g/mol. The second-order valence-corrected chi connectivity index (χ2v) is 10.8. The molecule has 1 aromatic heterocycles. The lowest BCUT2D eigenvalue weighted by Gasteiger charge is -2.34. The van der Waals surface area contributed by atoms with Crippen molar-refractivity contribution >= 4 is 55.0 Å². The molecule has 1 aliphatic rings. The second kappa shape index (κ2) is 8.74. The number of hydrogen-bond acceptors (Lipinski definition) is 5. The van der Waals surface area contributed by atoms with Crippen LogP contribution in [0.5, 0.6) is 0 Å². The third-order valence-corrected chi connectivity index (χ3v) is 8.57. The molecule has 5 rings (SSSR count). The van der Waals surface area contributed by atoms with Crippen LogP contribution in [0.25, 0.3) is 21.7 Å². The highest BCUT2D eigenvalue weighted by molar-refractivity contribution is 7.89. The van der Waals surface area contributed by atoms with E-state index in [4.69, 9.17) is 27.6 Å². The van der Waals surface area contributed by atoms with Crippen molar-refractivity contribution in [3.63, 3.8) is 0 Å². The Kier molecular flexibility index (Phi) is 5.93. The van der Waals surface area contributed by atoms with Crippen molar-refractivity contribution in [1.82, 2.24) is 9.21 Å². The maximum Gasteiger partial charge on any atom is 0.336 e. The fourth-order valence-electron chi connectivity index (χ4n) is 4.33. The molecule has 0 amide bonds. The van der Waals surface area contributed by atoms with E-state index in [1.807, 2.05) is 36.4 Å². The van der Waals surface area contributed by atoms with Crippen molar-refractivity contribution in [2.75, 3.05) is 26.2 Å². The number of halogens is 2. The van der Waals surface area contributed by atoms with E-state index in [9.17, 15) is 13.2 Å². The van der Waals surface area contributed by atoms with Gasteiger partial charge in [-0.2, -0.15) is 4.31 Å². The Balaban J connectivity index is 1.40. The molecule has 0 N–H and O–H groups in total. The van der Waals surface area contributed by atoms with Crippen molar-refractivity contribution in [3.8, 4) is 0 Å². The van der Waals surface area contributed by atoms with Crippen LogP contribution in [0.3, 0.4) is 0 Å². The summed E-state index contributed by atoms with van der Waals surface area (Å²) in [7, 11) is -3.76. The fourth-order valence-corrected chi connectivity index (χ4v) is 6.49. The number of piperazine rings is 1. The molecule has 33 heavy (non-hydrogen) atoms. The van der Waals surface area contributed by atoms with Crippen LogP contribution < -0.4 is 5.63 Å². The maximum absolute atomic E-state index is 13.1. The summed E-state index contributed by atoms with van der Waals surface area (Å²) >= 11 is 12.1. The van der Waals surface area contributed by atoms with Gasteiger partial charge in [0.1, 0.15) is 10.5 Å². The molecule has 0 aliphatic carbocycles. The topological polar surface area (TPSA) is 70.8 Å². The lowest BCUT2D eigenvalue weighted by molar-refractivity contribution is 0.182. The fraction of sp³-hybridized carbons (Fsp3) is 0.208. The van der Waals surface area contributed by atoms with E-state index >= 15 is 0 Å². The minimum absolute atomic E-state index is 0.0169. The normalized spacial score (nSPS) is 15.9. The van der Waals surface area contributed by atoms with Gasteiger partial charge in [-0.25, -0.2) is 13.2 Å². The van der Waals surface area contributed by atoms with Gasteiger partial charge < -0.3 is 4.42 Å². The number of sulfonamides is 1. The van der Waals surface area contributed by atoms with Gasteiger partial charge in [0.25, 0.3) is 0 Å².